The Kier molecular flexibility index (Phi) is 8.14. The number of hydrogen-bond acceptors (Lipinski definition) is 3. The number of benzene rings is 4. The lowest BCUT2D eigenvalue weighted by Crippen LogP contribution is -2.41. The Balaban J connectivity index is 1.47. The van der Waals surface area contributed by atoms with Gasteiger partial charge in [-0.1, -0.05) is 30.9 Å². The zero-order valence-electron chi connectivity index (χ0n) is 26.0. The van der Waals surface area contributed by atoms with Crippen LogP contribution < -0.4 is 5.01 Å². The fraction of sp³-hybridized carbons (Fsp3) is 0.297. The van der Waals surface area contributed by atoms with Crippen molar-refractivity contribution in [1.29, 1.82) is 0 Å². The summed E-state index contributed by atoms with van der Waals surface area (Å²) in [7, 11) is 0. The number of rotatable bonds is 7. The Labute approximate surface area is 277 Å². The van der Waals surface area contributed by atoms with Crippen LogP contribution in [0.15, 0.2) is 53.9 Å². The van der Waals surface area contributed by atoms with Crippen molar-refractivity contribution in [3.63, 3.8) is 0 Å². The van der Waals surface area contributed by atoms with Crippen molar-refractivity contribution < 1.29 is 35.1 Å². The summed E-state index contributed by atoms with van der Waals surface area (Å²) in [4.78, 5) is -1.24. The number of aryl methyl sites for hydroxylation is 2. The molecule has 1 aliphatic heterocycles. The van der Waals surface area contributed by atoms with E-state index in [1.807, 2.05) is 12.1 Å². The van der Waals surface area contributed by atoms with E-state index in [1.54, 1.807) is 24.9 Å². The van der Waals surface area contributed by atoms with Gasteiger partial charge >= 0.3 is 5.92 Å². The number of halogens is 8. The van der Waals surface area contributed by atoms with Gasteiger partial charge in [0.2, 0.25) is 0 Å². The highest BCUT2D eigenvalue weighted by molar-refractivity contribution is 7.97. The normalized spacial score (nSPS) is 17.4. The van der Waals surface area contributed by atoms with Crippen LogP contribution in [-0.2, 0) is 19.0 Å². The molecule has 250 valence electrons. The standard InChI is InChI=1S/C37H30F8N2S/c1-4-20-9-18(2)35(19(3)10-20)46(16-21-11-24(22-5-6-22)13-25(12-21)23-7-8-23)47-17-27-28(14-26(38)15-29(27)39)37(44,45)30-31(40)32(41)33(42)34(43)36(30)48-47/h4,9-15,22-23H,1,5-8,16-17H2,2-3H3. The van der Waals surface area contributed by atoms with Crippen LogP contribution in [0.25, 0.3) is 6.08 Å². The second kappa shape index (κ2) is 11.9. The van der Waals surface area contributed by atoms with Crippen LogP contribution in [-0.4, -0.2) is 4.41 Å². The quantitative estimate of drug-likeness (QED) is 0.0827. The van der Waals surface area contributed by atoms with Crippen LogP contribution in [0.4, 0.5) is 40.8 Å². The molecule has 2 fully saturated rings. The average Bonchev–Trinajstić information content (AvgIpc) is 3.95. The number of alkyl halides is 2. The van der Waals surface area contributed by atoms with Gasteiger partial charge in [0, 0.05) is 17.2 Å². The monoisotopic (exact) mass is 686 g/mol. The van der Waals surface area contributed by atoms with E-state index in [0.717, 1.165) is 47.9 Å². The Morgan fingerprint density at radius 1 is 0.812 bits per heavy atom. The maximum absolute atomic E-state index is 16.1. The molecule has 0 bridgehead atoms. The lowest BCUT2D eigenvalue weighted by molar-refractivity contribution is 0.0308. The second-order valence-electron chi connectivity index (χ2n) is 12.9. The van der Waals surface area contributed by atoms with Gasteiger partial charge < -0.3 is 0 Å². The van der Waals surface area contributed by atoms with Crippen LogP contribution >= 0.6 is 11.9 Å². The summed E-state index contributed by atoms with van der Waals surface area (Å²) in [5.41, 5.74) is 1.98. The maximum Gasteiger partial charge on any atom is 0.303 e. The van der Waals surface area contributed by atoms with Crippen molar-refractivity contribution >= 4 is 23.7 Å². The Bertz CT molecular complexity index is 1930. The minimum absolute atomic E-state index is 0.0695. The predicted molar refractivity (Wildman–Crippen MR) is 170 cm³/mol. The summed E-state index contributed by atoms with van der Waals surface area (Å²) < 4.78 is 124. The van der Waals surface area contributed by atoms with E-state index in [2.05, 4.69) is 24.8 Å². The topological polar surface area (TPSA) is 6.48 Å². The zero-order valence-corrected chi connectivity index (χ0v) is 26.9. The molecule has 11 heteroatoms. The molecule has 2 saturated carbocycles. The van der Waals surface area contributed by atoms with Crippen LogP contribution in [0.5, 0.6) is 0 Å². The van der Waals surface area contributed by atoms with Crippen molar-refractivity contribution in [2.75, 3.05) is 5.01 Å². The SMILES string of the molecule is C=Cc1cc(C)c(N(Cc2cc(C3CC3)cc(C3CC3)c2)N2Cc3c(F)cc(F)cc3C(F)(F)c3c(F)c(F)c(F)c(F)c3S2)c(C)c1. The number of anilines is 1. The van der Waals surface area contributed by atoms with Crippen molar-refractivity contribution in [3.8, 4) is 0 Å². The molecule has 2 aliphatic carbocycles. The Morgan fingerprint density at radius 3 is 1.96 bits per heavy atom. The third-order valence-corrected chi connectivity index (χ3v) is 10.4. The third kappa shape index (κ3) is 5.68. The van der Waals surface area contributed by atoms with E-state index in [1.165, 1.54) is 4.41 Å². The van der Waals surface area contributed by atoms with Gasteiger partial charge in [-0.3, -0.25) is 5.01 Å². The van der Waals surface area contributed by atoms with Gasteiger partial charge in [-0.05, 0) is 115 Å². The van der Waals surface area contributed by atoms with Gasteiger partial charge in [-0.25, -0.2) is 26.3 Å². The number of hydrazine groups is 1. The minimum Gasteiger partial charge on any atom is -0.291 e. The molecule has 4 aromatic carbocycles. The molecule has 7 rings (SSSR count). The van der Waals surface area contributed by atoms with E-state index in [9.17, 15) is 13.2 Å². The van der Waals surface area contributed by atoms with Crippen LogP contribution in [0.3, 0.4) is 0 Å². The van der Waals surface area contributed by atoms with Crippen LogP contribution in [0.2, 0.25) is 0 Å². The third-order valence-electron chi connectivity index (χ3n) is 9.27. The molecule has 1 heterocycles. The fourth-order valence-electron chi connectivity index (χ4n) is 6.66. The van der Waals surface area contributed by atoms with Crippen LogP contribution in [0.1, 0.15) is 87.6 Å². The van der Waals surface area contributed by atoms with Crippen molar-refractivity contribution in [2.24, 2.45) is 0 Å². The molecule has 0 radical (unpaired) electrons. The molecule has 0 atom stereocenters. The first-order valence-electron chi connectivity index (χ1n) is 15.6. The molecule has 0 aromatic heterocycles. The van der Waals surface area contributed by atoms with Crippen molar-refractivity contribution in [3.05, 3.63) is 134 Å². The fourth-order valence-corrected chi connectivity index (χ4v) is 7.78. The van der Waals surface area contributed by atoms with Crippen LogP contribution in [0, 0.1) is 48.8 Å². The lowest BCUT2D eigenvalue weighted by Gasteiger charge is -2.40. The van der Waals surface area contributed by atoms with Crippen molar-refractivity contribution in [1.82, 2.24) is 4.41 Å². The molecule has 3 aliphatic rings. The largest absolute Gasteiger partial charge is 0.303 e. The van der Waals surface area contributed by atoms with Crippen molar-refractivity contribution in [2.45, 2.75) is 75.3 Å². The average molecular weight is 687 g/mol. The van der Waals surface area contributed by atoms with Gasteiger partial charge in [-0.15, -0.1) is 0 Å². The second-order valence-corrected chi connectivity index (χ2v) is 13.9. The summed E-state index contributed by atoms with van der Waals surface area (Å²) >= 11 is 0.206. The number of nitrogens with zero attached hydrogens (tertiary/aromatic N) is 2. The summed E-state index contributed by atoms with van der Waals surface area (Å²) in [6.07, 6.45) is 5.83. The smallest absolute Gasteiger partial charge is 0.291 e. The van der Waals surface area contributed by atoms with Gasteiger partial charge in [0.1, 0.15) is 11.6 Å². The molecular formula is C37H30F8N2S. The van der Waals surface area contributed by atoms with E-state index in [4.69, 9.17) is 0 Å². The molecule has 4 aromatic rings. The molecule has 48 heavy (non-hydrogen) atoms. The molecule has 0 spiro atoms. The van der Waals surface area contributed by atoms with E-state index < -0.39 is 69.0 Å². The van der Waals surface area contributed by atoms with E-state index in [0.29, 0.717) is 40.8 Å². The summed E-state index contributed by atoms with van der Waals surface area (Å²) in [6.45, 7) is 6.81. The van der Waals surface area contributed by atoms with E-state index in [-0.39, 0.29) is 18.5 Å². The highest BCUT2D eigenvalue weighted by Crippen LogP contribution is 2.51. The Hall–Kier alpha value is -3.83. The lowest BCUT2D eigenvalue weighted by atomic mass is 9.94. The molecule has 0 unspecified atom stereocenters. The van der Waals surface area contributed by atoms with E-state index >= 15 is 22.0 Å². The minimum atomic E-state index is -4.63. The molecular weight excluding hydrogens is 656 g/mol. The first kappa shape index (κ1) is 32.7. The van der Waals surface area contributed by atoms with Gasteiger partial charge in [0.15, 0.2) is 23.3 Å². The summed E-state index contributed by atoms with van der Waals surface area (Å²) in [5, 5.41) is 1.63. The molecule has 0 saturated heterocycles. The Morgan fingerprint density at radius 2 is 1.40 bits per heavy atom. The number of hydrogen-bond donors (Lipinski definition) is 0. The predicted octanol–water partition coefficient (Wildman–Crippen LogP) is 11.1. The maximum atomic E-state index is 16.1. The van der Waals surface area contributed by atoms with Gasteiger partial charge in [0.05, 0.1) is 29.2 Å². The van der Waals surface area contributed by atoms with Gasteiger partial charge in [-0.2, -0.15) is 13.2 Å². The highest BCUT2D eigenvalue weighted by atomic mass is 32.2. The highest BCUT2D eigenvalue weighted by Gasteiger charge is 2.48. The molecule has 0 amide bonds. The number of fused-ring (bicyclic) bond motifs is 2. The molecule has 0 N–H and O–H groups in total. The first-order chi connectivity index (χ1) is 22.8. The first-order valence-corrected chi connectivity index (χ1v) is 16.4. The summed E-state index contributed by atoms with van der Waals surface area (Å²) in [5.74, 6) is -15.7. The van der Waals surface area contributed by atoms with Gasteiger partial charge in [0.25, 0.3) is 0 Å². The molecule has 2 nitrogen and oxygen atoms in total. The summed E-state index contributed by atoms with van der Waals surface area (Å²) in [6, 6.07) is 10.7. The zero-order chi connectivity index (χ0) is 34.2.